The summed E-state index contributed by atoms with van der Waals surface area (Å²) < 4.78 is 0. The normalized spacial score (nSPS) is 15.7. The molecule has 1 aliphatic heterocycles. The SMILES string of the molecule is CCCNC(C#N)CCN1CCN(C)c2ccccc21. The molecule has 4 heteroatoms. The fourth-order valence-electron chi connectivity index (χ4n) is 2.61. The second-order valence-corrected chi connectivity index (χ2v) is 5.32. The third kappa shape index (κ3) is 3.43. The summed E-state index contributed by atoms with van der Waals surface area (Å²) in [6, 6.07) is 10.8. The van der Waals surface area contributed by atoms with E-state index in [1.807, 2.05) is 0 Å². The first-order chi connectivity index (χ1) is 9.76. The fourth-order valence-corrected chi connectivity index (χ4v) is 2.61. The Kier molecular flexibility index (Phi) is 5.25. The molecule has 0 spiro atoms. The largest absolute Gasteiger partial charge is 0.371 e. The standard InChI is InChI=1S/C16H24N4/c1-3-9-18-14(13-17)8-10-20-12-11-19(2)15-6-4-5-7-16(15)20/h4-7,14,18H,3,8-12H2,1-2H3. The van der Waals surface area contributed by atoms with Gasteiger partial charge in [0, 0.05) is 26.7 Å². The summed E-state index contributed by atoms with van der Waals surface area (Å²) in [5.41, 5.74) is 2.57. The number of likely N-dealkylation sites (N-methyl/N-ethyl adjacent to an activating group) is 1. The lowest BCUT2D eigenvalue weighted by atomic mass is 10.1. The van der Waals surface area contributed by atoms with Crippen molar-refractivity contribution in [3.05, 3.63) is 24.3 Å². The number of fused-ring (bicyclic) bond motifs is 1. The van der Waals surface area contributed by atoms with Crippen LogP contribution in [0.4, 0.5) is 11.4 Å². The van der Waals surface area contributed by atoms with Gasteiger partial charge < -0.3 is 15.1 Å². The van der Waals surface area contributed by atoms with Crippen LogP contribution in [0.25, 0.3) is 0 Å². The van der Waals surface area contributed by atoms with E-state index in [0.717, 1.165) is 39.0 Å². The second kappa shape index (κ2) is 7.16. The van der Waals surface area contributed by atoms with Gasteiger partial charge in [0.25, 0.3) is 0 Å². The van der Waals surface area contributed by atoms with Crippen LogP contribution >= 0.6 is 0 Å². The van der Waals surface area contributed by atoms with Crippen LogP contribution in [0.1, 0.15) is 19.8 Å². The zero-order chi connectivity index (χ0) is 14.4. The van der Waals surface area contributed by atoms with Gasteiger partial charge in [-0.25, -0.2) is 0 Å². The summed E-state index contributed by atoms with van der Waals surface area (Å²) in [5, 5.41) is 12.5. The average Bonchev–Trinajstić information content (AvgIpc) is 2.49. The van der Waals surface area contributed by atoms with Crippen molar-refractivity contribution in [1.29, 1.82) is 5.26 Å². The highest BCUT2D eigenvalue weighted by atomic mass is 15.2. The Morgan fingerprint density at radius 2 is 2.05 bits per heavy atom. The Morgan fingerprint density at radius 1 is 1.30 bits per heavy atom. The van der Waals surface area contributed by atoms with Crippen LogP contribution in [0.2, 0.25) is 0 Å². The van der Waals surface area contributed by atoms with Gasteiger partial charge in [-0.05, 0) is 31.5 Å². The predicted molar refractivity (Wildman–Crippen MR) is 84.2 cm³/mol. The van der Waals surface area contributed by atoms with Crippen LogP contribution < -0.4 is 15.1 Å². The Bertz CT molecular complexity index is 466. The molecule has 0 aliphatic carbocycles. The fraction of sp³-hybridized carbons (Fsp3) is 0.562. The Labute approximate surface area is 122 Å². The van der Waals surface area contributed by atoms with Crippen molar-refractivity contribution < 1.29 is 0 Å². The van der Waals surface area contributed by atoms with Gasteiger partial charge in [0.15, 0.2) is 0 Å². The first-order valence-corrected chi connectivity index (χ1v) is 7.44. The summed E-state index contributed by atoms with van der Waals surface area (Å²) in [5.74, 6) is 0. The van der Waals surface area contributed by atoms with E-state index in [1.54, 1.807) is 0 Å². The number of anilines is 2. The molecule has 1 unspecified atom stereocenters. The number of para-hydroxylation sites is 2. The molecule has 0 radical (unpaired) electrons. The Hall–Kier alpha value is -1.73. The number of rotatable bonds is 6. The number of nitrogens with zero attached hydrogens (tertiary/aromatic N) is 3. The lowest BCUT2D eigenvalue weighted by Crippen LogP contribution is -2.41. The summed E-state index contributed by atoms with van der Waals surface area (Å²) in [7, 11) is 2.14. The molecule has 108 valence electrons. The zero-order valence-corrected chi connectivity index (χ0v) is 12.5. The zero-order valence-electron chi connectivity index (χ0n) is 12.5. The van der Waals surface area contributed by atoms with Crippen molar-refractivity contribution in [3.8, 4) is 6.07 Å². The van der Waals surface area contributed by atoms with Gasteiger partial charge in [-0.15, -0.1) is 0 Å². The molecule has 1 aromatic carbocycles. The molecule has 0 amide bonds. The van der Waals surface area contributed by atoms with E-state index in [2.05, 4.69) is 59.4 Å². The van der Waals surface area contributed by atoms with E-state index in [4.69, 9.17) is 0 Å². The highest BCUT2D eigenvalue weighted by molar-refractivity contribution is 5.73. The van der Waals surface area contributed by atoms with Crippen molar-refractivity contribution in [1.82, 2.24) is 5.32 Å². The number of hydrogen-bond acceptors (Lipinski definition) is 4. The quantitative estimate of drug-likeness (QED) is 0.862. The Morgan fingerprint density at radius 3 is 2.75 bits per heavy atom. The molecule has 1 atom stereocenters. The van der Waals surface area contributed by atoms with Crippen LogP contribution in [-0.2, 0) is 0 Å². The van der Waals surface area contributed by atoms with Gasteiger partial charge in [0.1, 0.15) is 0 Å². The van der Waals surface area contributed by atoms with Crippen molar-refractivity contribution in [2.24, 2.45) is 0 Å². The van der Waals surface area contributed by atoms with Gasteiger partial charge in [0.05, 0.1) is 23.5 Å². The maximum atomic E-state index is 9.18. The maximum absolute atomic E-state index is 9.18. The van der Waals surface area contributed by atoms with E-state index in [-0.39, 0.29) is 6.04 Å². The maximum Gasteiger partial charge on any atom is 0.0969 e. The highest BCUT2D eigenvalue weighted by Crippen LogP contribution is 2.31. The van der Waals surface area contributed by atoms with Gasteiger partial charge >= 0.3 is 0 Å². The first-order valence-electron chi connectivity index (χ1n) is 7.44. The molecule has 1 aromatic rings. The van der Waals surface area contributed by atoms with Gasteiger partial charge in [-0.2, -0.15) is 5.26 Å². The van der Waals surface area contributed by atoms with E-state index in [0.29, 0.717) is 0 Å². The third-order valence-electron chi connectivity index (χ3n) is 3.82. The molecule has 2 rings (SSSR count). The molecule has 0 saturated heterocycles. The molecule has 0 aromatic heterocycles. The summed E-state index contributed by atoms with van der Waals surface area (Å²) >= 11 is 0. The van der Waals surface area contributed by atoms with Gasteiger partial charge in [-0.3, -0.25) is 0 Å². The first kappa shape index (κ1) is 14.7. The smallest absolute Gasteiger partial charge is 0.0969 e. The molecule has 0 saturated carbocycles. The highest BCUT2D eigenvalue weighted by Gasteiger charge is 2.20. The van der Waals surface area contributed by atoms with Crippen LogP contribution in [-0.4, -0.2) is 39.3 Å². The minimum absolute atomic E-state index is 0.0400. The molecular formula is C16H24N4. The minimum atomic E-state index is -0.0400. The van der Waals surface area contributed by atoms with Crippen molar-refractivity contribution in [2.45, 2.75) is 25.8 Å². The molecule has 1 aliphatic rings. The van der Waals surface area contributed by atoms with Gasteiger partial charge in [-0.1, -0.05) is 19.1 Å². The summed E-state index contributed by atoms with van der Waals surface area (Å²) in [6.45, 7) is 6.03. The van der Waals surface area contributed by atoms with Crippen molar-refractivity contribution in [2.75, 3.05) is 43.0 Å². The van der Waals surface area contributed by atoms with E-state index in [9.17, 15) is 5.26 Å². The topological polar surface area (TPSA) is 42.3 Å². The monoisotopic (exact) mass is 272 g/mol. The van der Waals surface area contributed by atoms with E-state index >= 15 is 0 Å². The van der Waals surface area contributed by atoms with Crippen LogP contribution in [0.15, 0.2) is 24.3 Å². The molecule has 1 N–H and O–H groups in total. The minimum Gasteiger partial charge on any atom is -0.371 e. The molecular weight excluding hydrogens is 248 g/mol. The van der Waals surface area contributed by atoms with Crippen LogP contribution in [0.5, 0.6) is 0 Å². The average molecular weight is 272 g/mol. The lowest BCUT2D eigenvalue weighted by molar-refractivity contribution is 0.552. The third-order valence-corrected chi connectivity index (χ3v) is 3.82. The molecule has 1 heterocycles. The molecule has 20 heavy (non-hydrogen) atoms. The van der Waals surface area contributed by atoms with Crippen LogP contribution in [0, 0.1) is 11.3 Å². The molecule has 0 fully saturated rings. The van der Waals surface area contributed by atoms with E-state index < -0.39 is 0 Å². The van der Waals surface area contributed by atoms with Crippen LogP contribution in [0.3, 0.4) is 0 Å². The number of benzene rings is 1. The number of nitriles is 1. The Balaban J connectivity index is 1.97. The van der Waals surface area contributed by atoms with Gasteiger partial charge in [0.2, 0.25) is 0 Å². The molecule has 0 bridgehead atoms. The number of hydrogen-bond donors (Lipinski definition) is 1. The summed E-state index contributed by atoms with van der Waals surface area (Å²) in [4.78, 5) is 4.69. The van der Waals surface area contributed by atoms with E-state index in [1.165, 1.54) is 11.4 Å². The lowest BCUT2D eigenvalue weighted by Gasteiger charge is -2.37. The summed E-state index contributed by atoms with van der Waals surface area (Å²) in [6.07, 6.45) is 1.93. The van der Waals surface area contributed by atoms with Crippen molar-refractivity contribution >= 4 is 11.4 Å². The van der Waals surface area contributed by atoms with Crippen molar-refractivity contribution in [3.63, 3.8) is 0 Å². The number of nitrogens with one attached hydrogen (secondary N) is 1. The predicted octanol–water partition coefficient (Wildman–Crippen LogP) is 2.22. The second-order valence-electron chi connectivity index (χ2n) is 5.32. The molecule has 4 nitrogen and oxygen atoms in total.